The van der Waals surface area contributed by atoms with Gasteiger partial charge in [-0.05, 0) is 51.0 Å². The first-order valence-corrected chi connectivity index (χ1v) is 8.08. The molecular formula is C18H24N4O. The third-order valence-electron chi connectivity index (χ3n) is 3.74. The number of hydrogen-bond acceptors (Lipinski definition) is 4. The van der Waals surface area contributed by atoms with Gasteiger partial charge < -0.3 is 10.2 Å². The highest BCUT2D eigenvalue weighted by Gasteiger charge is 2.15. The van der Waals surface area contributed by atoms with Crippen LogP contribution in [0.1, 0.15) is 42.5 Å². The summed E-state index contributed by atoms with van der Waals surface area (Å²) in [5, 5.41) is 3.17. The SMILES string of the molecule is CCc1ccc(Nc2nc(C)cc(C(=O)N(CC)CC)n2)cc1. The highest BCUT2D eigenvalue weighted by Crippen LogP contribution is 2.16. The molecule has 5 nitrogen and oxygen atoms in total. The molecule has 2 aromatic rings. The van der Waals surface area contributed by atoms with Crippen molar-refractivity contribution in [1.82, 2.24) is 14.9 Å². The number of nitrogens with zero attached hydrogens (tertiary/aromatic N) is 3. The monoisotopic (exact) mass is 312 g/mol. The molecule has 0 atom stereocenters. The van der Waals surface area contributed by atoms with E-state index in [9.17, 15) is 4.79 Å². The fourth-order valence-electron chi connectivity index (χ4n) is 2.36. The maximum Gasteiger partial charge on any atom is 0.272 e. The zero-order valence-electron chi connectivity index (χ0n) is 14.3. The zero-order chi connectivity index (χ0) is 16.8. The zero-order valence-corrected chi connectivity index (χ0v) is 14.3. The van der Waals surface area contributed by atoms with Crippen LogP contribution in [0.25, 0.3) is 0 Å². The third kappa shape index (κ3) is 4.28. The number of aromatic nitrogens is 2. The first-order chi connectivity index (χ1) is 11.1. The van der Waals surface area contributed by atoms with Gasteiger partial charge in [0.1, 0.15) is 5.69 Å². The molecule has 2 rings (SSSR count). The quantitative estimate of drug-likeness (QED) is 0.886. The summed E-state index contributed by atoms with van der Waals surface area (Å²) < 4.78 is 0. The molecule has 5 heteroatoms. The summed E-state index contributed by atoms with van der Waals surface area (Å²) in [5.74, 6) is 0.384. The Morgan fingerprint density at radius 2 is 1.74 bits per heavy atom. The van der Waals surface area contributed by atoms with Crippen LogP contribution in [0, 0.1) is 6.92 Å². The lowest BCUT2D eigenvalue weighted by atomic mass is 10.1. The van der Waals surface area contributed by atoms with Crippen molar-refractivity contribution in [1.29, 1.82) is 0 Å². The number of anilines is 2. The number of aryl methyl sites for hydroxylation is 2. The van der Waals surface area contributed by atoms with E-state index in [1.807, 2.05) is 32.9 Å². The second kappa shape index (κ2) is 7.72. The van der Waals surface area contributed by atoms with Crippen LogP contribution in [0.15, 0.2) is 30.3 Å². The van der Waals surface area contributed by atoms with Gasteiger partial charge in [0.05, 0.1) is 0 Å². The second-order valence-electron chi connectivity index (χ2n) is 5.37. The maximum absolute atomic E-state index is 12.5. The Kier molecular flexibility index (Phi) is 5.68. The van der Waals surface area contributed by atoms with Crippen molar-refractivity contribution < 1.29 is 4.79 Å². The predicted molar refractivity (Wildman–Crippen MR) is 93.1 cm³/mol. The number of rotatable bonds is 6. The molecule has 1 aromatic heterocycles. The Labute approximate surface area is 137 Å². The van der Waals surface area contributed by atoms with Crippen molar-refractivity contribution in [3.63, 3.8) is 0 Å². The molecule has 1 heterocycles. The third-order valence-corrected chi connectivity index (χ3v) is 3.74. The smallest absolute Gasteiger partial charge is 0.272 e. The number of carbonyl (C=O) groups excluding carboxylic acids is 1. The van der Waals surface area contributed by atoms with E-state index in [2.05, 4.69) is 34.3 Å². The van der Waals surface area contributed by atoms with E-state index in [-0.39, 0.29) is 5.91 Å². The van der Waals surface area contributed by atoms with E-state index in [1.54, 1.807) is 11.0 Å². The van der Waals surface area contributed by atoms with E-state index in [4.69, 9.17) is 0 Å². The number of amides is 1. The summed E-state index contributed by atoms with van der Waals surface area (Å²) in [6.07, 6.45) is 1.00. The fraction of sp³-hybridized carbons (Fsp3) is 0.389. The average Bonchev–Trinajstić information content (AvgIpc) is 2.56. The lowest BCUT2D eigenvalue weighted by molar-refractivity contribution is 0.0767. The molecule has 0 saturated carbocycles. The lowest BCUT2D eigenvalue weighted by Gasteiger charge is -2.18. The molecule has 1 N–H and O–H groups in total. The molecule has 0 unspecified atom stereocenters. The Morgan fingerprint density at radius 1 is 1.09 bits per heavy atom. The van der Waals surface area contributed by atoms with E-state index >= 15 is 0 Å². The van der Waals surface area contributed by atoms with Crippen LogP contribution in [0.4, 0.5) is 11.6 Å². The highest BCUT2D eigenvalue weighted by molar-refractivity contribution is 5.92. The number of nitrogens with one attached hydrogen (secondary N) is 1. The average molecular weight is 312 g/mol. The van der Waals surface area contributed by atoms with Gasteiger partial charge in [-0.1, -0.05) is 19.1 Å². The summed E-state index contributed by atoms with van der Waals surface area (Å²) in [4.78, 5) is 23.0. The number of hydrogen-bond donors (Lipinski definition) is 1. The minimum atomic E-state index is -0.0649. The van der Waals surface area contributed by atoms with Crippen molar-refractivity contribution in [2.75, 3.05) is 18.4 Å². The fourth-order valence-corrected chi connectivity index (χ4v) is 2.36. The van der Waals surface area contributed by atoms with Crippen molar-refractivity contribution in [2.24, 2.45) is 0 Å². The van der Waals surface area contributed by atoms with Gasteiger partial charge in [0.2, 0.25) is 5.95 Å². The van der Waals surface area contributed by atoms with Gasteiger partial charge in [-0.25, -0.2) is 9.97 Å². The number of benzene rings is 1. The molecule has 0 spiro atoms. The molecule has 0 fully saturated rings. The molecule has 0 saturated heterocycles. The van der Waals surface area contributed by atoms with Crippen LogP contribution in [0.2, 0.25) is 0 Å². The van der Waals surface area contributed by atoms with Gasteiger partial charge >= 0.3 is 0 Å². The Balaban J connectivity index is 2.24. The van der Waals surface area contributed by atoms with E-state index in [1.165, 1.54) is 5.56 Å². The molecule has 23 heavy (non-hydrogen) atoms. The van der Waals surface area contributed by atoms with Gasteiger partial charge in [-0.3, -0.25) is 4.79 Å². The molecular weight excluding hydrogens is 288 g/mol. The molecule has 0 radical (unpaired) electrons. The normalized spacial score (nSPS) is 10.4. The van der Waals surface area contributed by atoms with Crippen LogP contribution in [0.3, 0.4) is 0 Å². The second-order valence-corrected chi connectivity index (χ2v) is 5.37. The molecule has 0 aliphatic heterocycles. The van der Waals surface area contributed by atoms with Gasteiger partial charge in [-0.2, -0.15) is 0 Å². The topological polar surface area (TPSA) is 58.1 Å². The van der Waals surface area contributed by atoms with Crippen molar-refractivity contribution >= 4 is 17.5 Å². The predicted octanol–water partition coefficient (Wildman–Crippen LogP) is 3.57. The minimum Gasteiger partial charge on any atom is -0.338 e. The van der Waals surface area contributed by atoms with Crippen molar-refractivity contribution in [3.8, 4) is 0 Å². The highest BCUT2D eigenvalue weighted by atomic mass is 16.2. The van der Waals surface area contributed by atoms with Crippen LogP contribution in [-0.2, 0) is 6.42 Å². The van der Waals surface area contributed by atoms with Crippen molar-refractivity contribution in [2.45, 2.75) is 34.1 Å². The largest absolute Gasteiger partial charge is 0.338 e. The summed E-state index contributed by atoms with van der Waals surface area (Å²) in [6.45, 7) is 9.25. The Hall–Kier alpha value is -2.43. The van der Waals surface area contributed by atoms with E-state index in [0.29, 0.717) is 24.7 Å². The van der Waals surface area contributed by atoms with E-state index in [0.717, 1.165) is 17.8 Å². The van der Waals surface area contributed by atoms with Crippen molar-refractivity contribution in [3.05, 3.63) is 47.3 Å². The Morgan fingerprint density at radius 3 is 2.30 bits per heavy atom. The van der Waals surface area contributed by atoms with Gasteiger partial charge in [-0.15, -0.1) is 0 Å². The molecule has 0 aliphatic rings. The van der Waals surface area contributed by atoms with Crippen LogP contribution < -0.4 is 5.32 Å². The lowest BCUT2D eigenvalue weighted by Crippen LogP contribution is -2.31. The molecule has 122 valence electrons. The maximum atomic E-state index is 12.5. The van der Waals surface area contributed by atoms with Crippen LogP contribution in [-0.4, -0.2) is 33.9 Å². The molecule has 0 aliphatic carbocycles. The van der Waals surface area contributed by atoms with Gasteiger partial charge in [0.25, 0.3) is 5.91 Å². The molecule has 1 aromatic carbocycles. The first-order valence-electron chi connectivity index (χ1n) is 8.08. The first kappa shape index (κ1) is 16.9. The van der Waals surface area contributed by atoms with Crippen LogP contribution >= 0.6 is 0 Å². The summed E-state index contributed by atoms with van der Waals surface area (Å²) in [5.41, 5.74) is 3.38. The molecule has 0 bridgehead atoms. The summed E-state index contributed by atoms with van der Waals surface area (Å²) in [6, 6.07) is 9.86. The van der Waals surface area contributed by atoms with Gasteiger partial charge in [0.15, 0.2) is 0 Å². The summed E-state index contributed by atoms with van der Waals surface area (Å²) >= 11 is 0. The molecule has 1 amide bonds. The summed E-state index contributed by atoms with van der Waals surface area (Å²) in [7, 11) is 0. The van der Waals surface area contributed by atoms with E-state index < -0.39 is 0 Å². The van der Waals surface area contributed by atoms with Crippen LogP contribution in [0.5, 0.6) is 0 Å². The number of carbonyl (C=O) groups is 1. The minimum absolute atomic E-state index is 0.0649. The Bertz CT molecular complexity index is 663. The van der Waals surface area contributed by atoms with Gasteiger partial charge in [0, 0.05) is 24.5 Å². The standard InChI is InChI=1S/C18H24N4O/c1-5-14-8-10-15(11-9-14)20-18-19-13(4)12-16(21-18)17(23)22(6-2)7-3/h8-12H,5-7H2,1-4H3,(H,19,20,21).